The van der Waals surface area contributed by atoms with E-state index >= 15 is 0 Å². The predicted octanol–water partition coefficient (Wildman–Crippen LogP) is 2.68. The van der Waals surface area contributed by atoms with Gasteiger partial charge in [0.2, 0.25) is 11.8 Å². The first-order valence-electron chi connectivity index (χ1n) is 13.0. The number of amides is 2. The molecule has 2 saturated heterocycles. The van der Waals surface area contributed by atoms with E-state index in [9.17, 15) is 19.5 Å². The molecule has 5 rings (SSSR count). The lowest BCUT2D eigenvalue weighted by Gasteiger charge is -2.39. The van der Waals surface area contributed by atoms with E-state index in [1.807, 2.05) is 4.90 Å². The highest BCUT2D eigenvalue weighted by Crippen LogP contribution is 2.60. The highest BCUT2D eigenvalue weighted by atomic mass is 32.2. The van der Waals surface area contributed by atoms with Crippen LogP contribution in [0.25, 0.3) is 0 Å². The Morgan fingerprint density at radius 1 is 1.06 bits per heavy atom. The number of hydrogen-bond donors (Lipinski definition) is 1. The molecule has 1 saturated carbocycles. The molecule has 0 bridgehead atoms. The molecule has 0 aromatic rings. The van der Waals surface area contributed by atoms with Crippen LogP contribution in [0.1, 0.15) is 57.8 Å². The molecule has 1 N–H and O–H groups in total. The average molecular weight is 489 g/mol. The van der Waals surface area contributed by atoms with Gasteiger partial charge in [0.25, 0.3) is 0 Å². The molecular formula is C26H36N2O5S. The van der Waals surface area contributed by atoms with Crippen LogP contribution >= 0.6 is 11.8 Å². The monoisotopic (exact) mass is 488 g/mol. The Balaban J connectivity index is 1.54. The second kappa shape index (κ2) is 10.1. The number of cyclic esters (lactones) is 1. The molecule has 7 nitrogen and oxygen atoms in total. The lowest BCUT2D eigenvalue weighted by Crippen LogP contribution is -2.55. The number of allylic oxidation sites excluding steroid dienone is 1. The fraction of sp³-hybridized carbons (Fsp3) is 0.731. The molecule has 0 aromatic carbocycles. The molecule has 8 heteroatoms. The average Bonchev–Trinajstić information content (AvgIpc) is 3.25. The number of ether oxygens (including phenoxy) is 1. The molecule has 3 fully saturated rings. The SMILES string of the molecule is O=C1OCCC/C=C\[C@@H]2S[C@]34C=CCN(C5CCCCC5)C(=O)C3N(CCCCO)C(=O)[C@@H]4[C@H]12. The van der Waals surface area contributed by atoms with Gasteiger partial charge in [-0.1, -0.05) is 43.6 Å². The summed E-state index contributed by atoms with van der Waals surface area (Å²) in [5, 5.41) is 9.14. The van der Waals surface area contributed by atoms with Gasteiger partial charge >= 0.3 is 5.97 Å². The smallest absolute Gasteiger partial charge is 0.311 e. The van der Waals surface area contributed by atoms with Crippen LogP contribution in [0.3, 0.4) is 0 Å². The third-order valence-electron chi connectivity index (χ3n) is 8.20. The van der Waals surface area contributed by atoms with Gasteiger partial charge in [-0.15, -0.1) is 11.8 Å². The van der Waals surface area contributed by atoms with E-state index < -0.39 is 22.6 Å². The fourth-order valence-corrected chi connectivity index (χ4v) is 8.63. The van der Waals surface area contributed by atoms with E-state index in [4.69, 9.17) is 4.74 Å². The Morgan fingerprint density at radius 3 is 2.68 bits per heavy atom. The molecule has 4 aliphatic heterocycles. The number of rotatable bonds is 5. The Labute approximate surface area is 205 Å². The number of unbranched alkanes of at least 4 members (excludes halogenated alkanes) is 1. The van der Waals surface area contributed by atoms with Crippen LogP contribution in [0.5, 0.6) is 0 Å². The van der Waals surface area contributed by atoms with E-state index in [0.717, 1.165) is 38.5 Å². The number of carbonyl (C=O) groups excluding carboxylic acids is 3. The summed E-state index contributed by atoms with van der Waals surface area (Å²) in [5.41, 5.74) is 0. The Hall–Kier alpha value is -1.80. The van der Waals surface area contributed by atoms with Crippen molar-refractivity contribution < 1.29 is 24.2 Å². The van der Waals surface area contributed by atoms with Crippen molar-refractivity contribution >= 4 is 29.5 Å². The molecule has 5 atom stereocenters. The number of aliphatic hydroxyl groups is 1. The highest BCUT2D eigenvalue weighted by molar-refractivity contribution is 8.02. The fourth-order valence-electron chi connectivity index (χ4n) is 6.63. The number of carbonyl (C=O) groups is 3. The zero-order valence-electron chi connectivity index (χ0n) is 19.8. The van der Waals surface area contributed by atoms with Gasteiger partial charge in [-0.05, 0) is 38.5 Å². The first-order chi connectivity index (χ1) is 16.6. The second-order valence-corrected chi connectivity index (χ2v) is 11.7. The topological polar surface area (TPSA) is 87.2 Å². The van der Waals surface area contributed by atoms with Crippen molar-refractivity contribution in [1.82, 2.24) is 9.80 Å². The molecule has 1 unspecified atom stereocenters. The normalized spacial score (nSPS) is 37.3. The Kier molecular flexibility index (Phi) is 7.07. The van der Waals surface area contributed by atoms with Crippen LogP contribution in [0, 0.1) is 11.8 Å². The van der Waals surface area contributed by atoms with E-state index in [2.05, 4.69) is 24.3 Å². The maximum Gasteiger partial charge on any atom is 0.311 e. The summed E-state index contributed by atoms with van der Waals surface area (Å²) in [6.45, 7) is 1.39. The molecule has 5 aliphatic rings. The summed E-state index contributed by atoms with van der Waals surface area (Å²) in [7, 11) is 0. The first-order valence-corrected chi connectivity index (χ1v) is 13.9. The zero-order chi connectivity index (χ0) is 23.7. The molecule has 186 valence electrons. The van der Waals surface area contributed by atoms with Crippen LogP contribution in [0.4, 0.5) is 0 Å². The number of likely N-dealkylation sites (tertiary alicyclic amines) is 1. The lowest BCUT2D eigenvalue weighted by atomic mass is 9.78. The minimum atomic E-state index is -0.769. The Morgan fingerprint density at radius 2 is 1.88 bits per heavy atom. The summed E-state index contributed by atoms with van der Waals surface area (Å²) < 4.78 is 4.83. The van der Waals surface area contributed by atoms with Crippen molar-refractivity contribution in [3.05, 3.63) is 24.3 Å². The van der Waals surface area contributed by atoms with Gasteiger partial charge in [-0.2, -0.15) is 0 Å². The molecule has 4 heterocycles. The van der Waals surface area contributed by atoms with Crippen molar-refractivity contribution in [1.29, 1.82) is 0 Å². The van der Waals surface area contributed by atoms with Gasteiger partial charge in [0.1, 0.15) is 6.04 Å². The third kappa shape index (κ3) is 4.00. The minimum absolute atomic E-state index is 0.0214. The van der Waals surface area contributed by atoms with Gasteiger partial charge in [0.05, 0.1) is 23.2 Å². The van der Waals surface area contributed by atoms with E-state index in [0.29, 0.717) is 32.5 Å². The maximum atomic E-state index is 14.2. The molecular weight excluding hydrogens is 452 g/mol. The third-order valence-corrected chi connectivity index (χ3v) is 9.95. The largest absolute Gasteiger partial charge is 0.465 e. The van der Waals surface area contributed by atoms with E-state index in [-0.39, 0.29) is 35.7 Å². The number of fused-ring (bicyclic) bond motifs is 2. The number of nitrogens with zero attached hydrogens (tertiary/aromatic N) is 2. The van der Waals surface area contributed by atoms with E-state index in [1.54, 1.807) is 16.7 Å². The number of thioether (sulfide) groups is 1. The van der Waals surface area contributed by atoms with Crippen LogP contribution in [-0.4, -0.2) is 81.1 Å². The highest BCUT2D eigenvalue weighted by Gasteiger charge is 2.71. The summed E-state index contributed by atoms with van der Waals surface area (Å²) in [6.07, 6.45) is 16.6. The van der Waals surface area contributed by atoms with Gasteiger partial charge < -0.3 is 19.6 Å². The summed E-state index contributed by atoms with van der Waals surface area (Å²) in [5.74, 6) is -1.60. The maximum absolute atomic E-state index is 14.2. The quantitative estimate of drug-likeness (QED) is 0.364. The van der Waals surface area contributed by atoms with Crippen molar-refractivity contribution in [2.75, 3.05) is 26.3 Å². The first kappa shape index (κ1) is 23.9. The van der Waals surface area contributed by atoms with Gasteiger partial charge in [0, 0.05) is 31.0 Å². The van der Waals surface area contributed by atoms with Crippen LogP contribution in [0.15, 0.2) is 24.3 Å². The number of aliphatic hydroxyl groups excluding tert-OH is 1. The van der Waals surface area contributed by atoms with Crippen LogP contribution in [0.2, 0.25) is 0 Å². The zero-order valence-corrected chi connectivity index (χ0v) is 20.6. The van der Waals surface area contributed by atoms with Crippen molar-refractivity contribution in [3.63, 3.8) is 0 Å². The summed E-state index contributed by atoms with van der Waals surface area (Å²) in [6, 6.07) is -0.408. The minimum Gasteiger partial charge on any atom is -0.465 e. The van der Waals surface area contributed by atoms with Crippen molar-refractivity contribution in [2.45, 2.75) is 79.9 Å². The molecule has 0 aromatic heterocycles. The summed E-state index contributed by atoms with van der Waals surface area (Å²) >= 11 is 1.61. The molecule has 34 heavy (non-hydrogen) atoms. The van der Waals surface area contributed by atoms with Crippen LogP contribution in [-0.2, 0) is 19.1 Å². The van der Waals surface area contributed by atoms with Crippen LogP contribution < -0.4 is 0 Å². The number of esters is 1. The molecule has 1 aliphatic carbocycles. The van der Waals surface area contributed by atoms with Gasteiger partial charge in [-0.3, -0.25) is 14.4 Å². The Bertz CT molecular complexity index is 869. The predicted molar refractivity (Wildman–Crippen MR) is 130 cm³/mol. The summed E-state index contributed by atoms with van der Waals surface area (Å²) in [4.78, 5) is 45.2. The molecule has 2 amide bonds. The van der Waals surface area contributed by atoms with E-state index in [1.165, 1.54) is 6.42 Å². The number of hydrogen-bond acceptors (Lipinski definition) is 6. The van der Waals surface area contributed by atoms with Crippen molar-refractivity contribution in [3.8, 4) is 0 Å². The van der Waals surface area contributed by atoms with Crippen molar-refractivity contribution in [2.24, 2.45) is 11.8 Å². The molecule has 0 radical (unpaired) electrons. The lowest BCUT2D eigenvalue weighted by molar-refractivity contribution is -0.153. The standard InChI is InChI=1S/C26H36N2O5S/c29-16-7-6-14-28-22-24(31)27(18-10-3-1-4-11-18)15-9-13-26(22)21(23(28)30)20-19(34-26)12-5-2-8-17-33-25(20)32/h5,9,12-13,18-22,29H,1-4,6-8,10-11,14-17H2/b12-5-/t19-,20+,21-,22?,26-/m0/s1. The molecule has 1 spiro atoms. The van der Waals surface area contributed by atoms with Gasteiger partial charge in [-0.25, -0.2) is 0 Å². The second-order valence-electron chi connectivity index (χ2n) is 10.2. The van der Waals surface area contributed by atoms with Gasteiger partial charge in [0.15, 0.2) is 0 Å².